The van der Waals surface area contributed by atoms with Crippen molar-refractivity contribution < 1.29 is 14.2 Å². The zero-order valence-electron chi connectivity index (χ0n) is 9.17. The van der Waals surface area contributed by atoms with Gasteiger partial charge in [-0.25, -0.2) is 0 Å². The van der Waals surface area contributed by atoms with E-state index < -0.39 is 0 Å². The molecule has 0 amide bonds. The molecule has 3 nitrogen and oxygen atoms in total. The van der Waals surface area contributed by atoms with Crippen LogP contribution < -0.4 is 0 Å². The summed E-state index contributed by atoms with van der Waals surface area (Å²) in [5.74, 6) is 0. The first-order valence-electron chi connectivity index (χ1n) is 5.42. The summed E-state index contributed by atoms with van der Waals surface area (Å²) in [5, 5.41) is 0. The summed E-state index contributed by atoms with van der Waals surface area (Å²) in [6.45, 7) is 1.47. The quantitative estimate of drug-likeness (QED) is 0.692. The van der Waals surface area contributed by atoms with E-state index in [4.69, 9.17) is 14.2 Å². The van der Waals surface area contributed by atoms with E-state index in [1.54, 1.807) is 14.2 Å². The molecule has 2 heterocycles. The van der Waals surface area contributed by atoms with Crippen molar-refractivity contribution in [2.45, 2.75) is 43.3 Å². The Labute approximate surface area is 85.7 Å². The monoisotopic (exact) mass is 200 g/mol. The summed E-state index contributed by atoms with van der Waals surface area (Å²) in [4.78, 5) is 0. The third-order valence-electron chi connectivity index (χ3n) is 3.55. The van der Waals surface area contributed by atoms with Gasteiger partial charge in [-0.3, -0.25) is 0 Å². The predicted molar refractivity (Wildman–Crippen MR) is 53.4 cm³/mol. The van der Waals surface area contributed by atoms with Crippen molar-refractivity contribution in [2.24, 2.45) is 0 Å². The van der Waals surface area contributed by atoms with Crippen LogP contribution in [0, 0.1) is 0 Å². The fraction of sp³-hybridized carbons (Fsp3) is 1.00. The van der Waals surface area contributed by atoms with Crippen molar-refractivity contribution in [3.05, 3.63) is 0 Å². The molecule has 3 heteroatoms. The predicted octanol–water partition coefficient (Wildman–Crippen LogP) is 1.75. The van der Waals surface area contributed by atoms with Gasteiger partial charge >= 0.3 is 0 Å². The molecule has 2 bridgehead atoms. The van der Waals surface area contributed by atoms with Gasteiger partial charge in [0.1, 0.15) is 0 Å². The van der Waals surface area contributed by atoms with Crippen molar-refractivity contribution in [1.82, 2.24) is 0 Å². The molecule has 1 unspecified atom stereocenters. The second-order valence-corrected chi connectivity index (χ2v) is 4.69. The minimum atomic E-state index is 0.00549. The van der Waals surface area contributed by atoms with Gasteiger partial charge in [0, 0.05) is 14.2 Å². The van der Waals surface area contributed by atoms with E-state index in [1.165, 1.54) is 6.42 Å². The highest BCUT2D eigenvalue weighted by Gasteiger charge is 2.52. The summed E-state index contributed by atoms with van der Waals surface area (Å²) in [7, 11) is 3.51. The molecule has 0 aromatic heterocycles. The van der Waals surface area contributed by atoms with Gasteiger partial charge < -0.3 is 14.2 Å². The first-order chi connectivity index (χ1) is 6.74. The lowest BCUT2D eigenvalue weighted by molar-refractivity contribution is -0.178. The second-order valence-electron chi connectivity index (χ2n) is 4.69. The normalized spacial score (nSPS) is 41.6. The molecule has 0 radical (unpaired) electrons. The van der Waals surface area contributed by atoms with Gasteiger partial charge in [0.15, 0.2) is 0 Å². The van der Waals surface area contributed by atoms with Crippen LogP contribution in [0.15, 0.2) is 0 Å². The molecule has 2 aliphatic heterocycles. The van der Waals surface area contributed by atoms with Crippen LogP contribution in [0.3, 0.4) is 0 Å². The second kappa shape index (κ2) is 3.80. The van der Waals surface area contributed by atoms with E-state index >= 15 is 0 Å². The van der Waals surface area contributed by atoms with E-state index in [1.807, 2.05) is 0 Å². The maximum Gasteiger partial charge on any atom is 0.0924 e. The van der Waals surface area contributed by atoms with Crippen LogP contribution >= 0.6 is 0 Å². The Morgan fingerprint density at radius 1 is 0.929 bits per heavy atom. The molecule has 0 saturated carbocycles. The summed E-state index contributed by atoms with van der Waals surface area (Å²) >= 11 is 0. The fourth-order valence-corrected chi connectivity index (χ4v) is 2.98. The summed E-state index contributed by atoms with van der Waals surface area (Å²) in [5.41, 5.74) is 0.0110. The highest BCUT2D eigenvalue weighted by atomic mass is 16.6. The Hall–Kier alpha value is -0.120. The van der Waals surface area contributed by atoms with Crippen LogP contribution in [0.25, 0.3) is 0 Å². The minimum Gasteiger partial charge on any atom is -0.382 e. The molecule has 0 N–H and O–H groups in total. The van der Waals surface area contributed by atoms with Crippen LogP contribution in [0.4, 0.5) is 0 Å². The largest absolute Gasteiger partial charge is 0.382 e. The first kappa shape index (κ1) is 10.4. The van der Waals surface area contributed by atoms with Crippen LogP contribution in [0.5, 0.6) is 0 Å². The van der Waals surface area contributed by atoms with Crippen molar-refractivity contribution in [2.75, 3.05) is 27.4 Å². The zero-order valence-corrected chi connectivity index (χ0v) is 9.17. The first-order valence-corrected chi connectivity index (χ1v) is 5.42. The Morgan fingerprint density at radius 3 is 1.86 bits per heavy atom. The highest BCUT2D eigenvalue weighted by Crippen LogP contribution is 2.48. The van der Waals surface area contributed by atoms with Gasteiger partial charge in [-0.1, -0.05) is 0 Å². The molecular weight excluding hydrogens is 180 g/mol. The molecule has 0 aromatic carbocycles. The maximum absolute atomic E-state index is 6.20. The van der Waals surface area contributed by atoms with Crippen LogP contribution in [-0.4, -0.2) is 38.6 Å². The molecule has 2 fully saturated rings. The third kappa shape index (κ3) is 1.69. The molecule has 2 saturated heterocycles. The molecule has 0 aliphatic carbocycles. The number of rotatable bonds is 4. The third-order valence-corrected chi connectivity index (χ3v) is 3.55. The lowest BCUT2D eigenvalue weighted by atomic mass is 9.93. The smallest absolute Gasteiger partial charge is 0.0924 e. The van der Waals surface area contributed by atoms with Crippen LogP contribution in [0.1, 0.15) is 32.1 Å². The molecule has 2 rings (SSSR count). The topological polar surface area (TPSA) is 27.7 Å². The number of hydrogen-bond acceptors (Lipinski definition) is 3. The summed E-state index contributed by atoms with van der Waals surface area (Å²) in [6.07, 6.45) is 5.79. The van der Waals surface area contributed by atoms with Gasteiger partial charge in [0.2, 0.25) is 0 Å². The van der Waals surface area contributed by atoms with Crippen molar-refractivity contribution in [1.29, 1.82) is 0 Å². The number of fused-ring (bicyclic) bond motifs is 2. The molecule has 2 aliphatic rings. The number of ether oxygens (including phenoxy) is 3. The molecule has 0 spiro atoms. The van der Waals surface area contributed by atoms with Crippen LogP contribution in [-0.2, 0) is 14.2 Å². The molecule has 14 heavy (non-hydrogen) atoms. The SMILES string of the molecule is COCC12CCC[C@@](COC)(CC1)O2. The average molecular weight is 200 g/mol. The highest BCUT2D eigenvalue weighted by molar-refractivity contribution is 5.01. The Balaban J connectivity index is 2.05. The van der Waals surface area contributed by atoms with Crippen molar-refractivity contribution >= 4 is 0 Å². The van der Waals surface area contributed by atoms with Gasteiger partial charge in [-0.15, -0.1) is 0 Å². The Kier molecular flexibility index (Phi) is 2.82. The molecule has 82 valence electrons. The maximum atomic E-state index is 6.20. The number of methoxy groups -OCH3 is 2. The Morgan fingerprint density at radius 2 is 1.43 bits per heavy atom. The standard InChI is InChI=1S/C11H20O3/c1-12-8-10-4-3-5-11(14-10,7-6-10)9-13-2/h3-9H2,1-2H3/t10-,11?/m0/s1. The van der Waals surface area contributed by atoms with E-state index in [2.05, 4.69) is 0 Å². The van der Waals surface area contributed by atoms with Crippen LogP contribution in [0.2, 0.25) is 0 Å². The van der Waals surface area contributed by atoms with E-state index in [0.29, 0.717) is 0 Å². The van der Waals surface area contributed by atoms with Crippen molar-refractivity contribution in [3.8, 4) is 0 Å². The lowest BCUT2D eigenvalue weighted by Gasteiger charge is -2.39. The summed E-state index contributed by atoms with van der Waals surface area (Å²) in [6, 6.07) is 0. The fourth-order valence-electron chi connectivity index (χ4n) is 2.98. The minimum absolute atomic E-state index is 0.00549. The van der Waals surface area contributed by atoms with E-state index in [9.17, 15) is 0 Å². The average Bonchev–Trinajstić information content (AvgIpc) is 2.40. The lowest BCUT2D eigenvalue weighted by Crippen LogP contribution is -2.45. The summed E-state index contributed by atoms with van der Waals surface area (Å²) < 4.78 is 16.7. The van der Waals surface area contributed by atoms with Gasteiger partial charge in [-0.05, 0) is 32.1 Å². The van der Waals surface area contributed by atoms with Gasteiger partial charge in [-0.2, -0.15) is 0 Å². The van der Waals surface area contributed by atoms with E-state index in [-0.39, 0.29) is 11.2 Å². The van der Waals surface area contributed by atoms with Crippen molar-refractivity contribution in [3.63, 3.8) is 0 Å². The van der Waals surface area contributed by atoms with Gasteiger partial charge in [0.05, 0.1) is 24.4 Å². The Bertz CT molecular complexity index is 179. The molecular formula is C11H20O3. The zero-order chi connectivity index (χ0) is 10.1. The number of hydrogen-bond donors (Lipinski definition) is 0. The molecule has 0 aromatic rings. The molecule has 2 atom stereocenters. The van der Waals surface area contributed by atoms with Gasteiger partial charge in [0.25, 0.3) is 0 Å². The van der Waals surface area contributed by atoms with E-state index in [0.717, 1.165) is 38.9 Å².